The van der Waals surface area contributed by atoms with Crippen LogP contribution in [0.15, 0.2) is 41.8 Å². The van der Waals surface area contributed by atoms with Crippen LogP contribution in [-0.4, -0.2) is 29.9 Å². The van der Waals surface area contributed by atoms with Crippen LogP contribution < -0.4 is 10.6 Å². The first kappa shape index (κ1) is 19.2. The van der Waals surface area contributed by atoms with Crippen molar-refractivity contribution in [3.63, 3.8) is 0 Å². The topological polar surface area (TPSA) is 61.4 Å². The molecule has 2 aromatic rings. The van der Waals surface area contributed by atoms with Crippen LogP contribution in [0.4, 0.5) is 28.7 Å². The molecule has 0 unspecified atom stereocenters. The van der Waals surface area contributed by atoms with Crippen molar-refractivity contribution in [3.05, 3.63) is 47.3 Å². The molecule has 1 aliphatic heterocycles. The van der Waals surface area contributed by atoms with Gasteiger partial charge in [0.25, 0.3) is 0 Å². The highest BCUT2D eigenvalue weighted by Crippen LogP contribution is 2.31. The number of urea groups is 1. The minimum absolute atomic E-state index is 0.118. The van der Waals surface area contributed by atoms with E-state index in [0.717, 1.165) is 17.1 Å². The Balaban J connectivity index is 1.52. The summed E-state index contributed by atoms with van der Waals surface area (Å²) in [5.41, 5.74) is -0.687. The van der Waals surface area contributed by atoms with Gasteiger partial charge in [-0.15, -0.1) is 11.3 Å². The summed E-state index contributed by atoms with van der Waals surface area (Å²) in [4.78, 5) is 26.2. The zero-order chi connectivity index (χ0) is 19.4. The van der Waals surface area contributed by atoms with E-state index in [9.17, 15) is 22.8 Å². The fourth-order valence-electron chi connectivity index (χ4n) is 2.90. The molecule has 3 amide bonds. The standard InChI is InChI=1S/C18H18F3N3O2S/c19-18(20,21)13-3-1-4-14(11-13)22-16(25)12-6-8-24(9-7-12)17(26)23-15-5-2-10-27-15/h1-5,10-12H,6-9H2,(H,22,25)(H,23,26). The molecule has 5 nitrogen and oxygen atoms in total. The highest BCUT2D eigenvalue weighted by atomic mass is 32.1. The average molecular weight is 397 g/mol. The molecule has 27 heavy (non-hydrogen) atoms. The molecule has 9 heteroatoms. The third-order valence-electron chi connectivity index (χ3n) is 4.36. The Morgan fingerprint density at radius 2 is 1.81 bits per heavy atom. The van der Waals surface area contributed by atoms with Gasteiger partial charge in [0, 0.05) is 24.7 Å². The van der Waals surface area contributed by atoms with Gasteiger partial charge < -0.3 is 10.2 Å². The first-order valence-corrected chi connectivity index (χ1v) is 9.28. The van der Waals surface area contributed by atoms with Crippen LogP contribution in [0.1, 0.15) is 18.4 Å². The number of benzene rings is 1. The third kappa shape index (κ3) is 5.00. The summed E-state index contributed by atoms with van der Waals surface area (Å²) in [6, 6.07) is 7.99. The summed E-state index contributed by atoms with van der Waals surface area (Å²) >= 11 is 1.42. The highest BCUT2D eigenvalue weighted by Gasteiger charge is 2.31. The third-order valence-corrected chi connectivity index (χ3v) is 5.15. The van der Waals surface area contributed by atoms with Crippen LogP contribution in [0.25, 0.3) is 0 Å². The van der Waals surface area contributed by atoms with E-state index in [1.807, 2.05) is 11.4 Å². The monoisotopic (exact) mass is 397 g/mol. The van der Waals surface area contributed by atoms with Gasteiger partial charge in [-0.2, -0.15) is 13.2 Å². The van der Waals surface area contributed by atoms with Crippen molar-refractivity contribution in [1.29, 1.82) is 0 Å². The second kappa shape index (κ2) is 7.99. The first-order valence-electron chi connectivity index (χ1n) is 8.40. The summed E-state index contributed by atoms with van der Waals surface area (Å²) < 4.78 is 38.3. The molecular weight excluding hydrogens is 379 g/mol. The molecule has 2 N–H and O–H groups in total. The summed E-state index contributed by atoms with van der Waals surface area (Å²) in [7, 11) is 0. The van der Waals surface area contributed by atoms with Gasteiger partial charge in [-0.3, -0.25) is 10.1 Å². The van der Waals surface area contributed by atoms with Crippen LogP contribution in [0.5, 0.6) is 0 Å². The predicted octanol–water partition coefficient (Wildman–Crippen LogP) is 4.65. The van der Waals surface area contributed by atoms with E-state index in [-0.39, 0.29) is 23.5 Å². The maximum Gasteiger partial charge on any atom is 0.416 e. The zero-order valence-corrected chi connectivity index (χ0v) is 15.1. The van der Waals surface area contributed by atoms with Crippen LogP contribution in [0.3, 0.4) is 0 Å². The average Bonchev–Trinajstić information content (AvgIpc) is 3.14. The van der Waals surface area contributed by atoms with Crippen molar-refractivity contribution < 1.29 is 22.8 Å². The molecule has 0 radical (unpaired) electrons. The summed E-state index contributed by atoms with van der Waals surface area (Å²) in [5.74, 6) is -0.669. The Labute approximate surface area is 158 Å². The van der Waals surface area contributed by atoms with E-state index in [1.165, 1.54) is 23.5 Å². The van der Waals surface area contributed by atoms with Crippen LogP contribution in [0.2, 0.25) is 0 Å². The molecule has 2 heterocycles. The largest absolute Gasteiger partial charge is 0.416 e. The summed E-state index contributed by atoms with van der Waals surface area (Å²) in [5, 5.41) is 7.96. The number of carbonyl (C=O) groups excluding carboxylic acids is 2. The number of carbonyl (C=O) groups is 2. The van der Waals surface area contributed by atoms with Crippen molar-refractivity contribution >= 4 is 34.0 Å². The van der Waals surface area contributed by atoms with Gasteiger partial charge in [0.2, 0.25) is 5.91 Å². The number of piperidine rings is 1. The summed E-state index contributed by atoms with van der Waals surface area (Å²) in [6.45, 7) is 0.829. The molecule has 0 aliphatic carbocycles. The number of amides is 3. The number of nitrogens with zero attached hydrogens (tertiary/aromatic N) is 1. The lowest BCUT2D eigenvalue weighted by Gasteiger charge is -2.31. The van der Waals surface area contributed by atoms with E-state index in [1.54, 1.807) is 11.0 Å². The van der Waals surface area contributed by atoms with E-state index < -0.39 is 11.7 Å². The molecule has 1 aromatic heterocycles. The van der Waals surface area contributed by atoms with Gasteiger partial charge in [0.05, 0.1) is 10.6 Å². The Hall–Kier alpha value is -2.55. The van der Waals surface area contributed by atoms with Crippen LogP contribution in [-0.2, 0) is 11.0 Å². The molecule has 1 aromatic carbocycles. The number of hydrogen-bond acceptors (Lipinski definition) is 3. The minimum atomic E-state index is -4.46. The molecule has 144 valence electrons. The molecule has 0 atom stereocenters. The van der Waals surface area contributed by atoms with Gasteiger partial charge in [0.15, 0.2) is 0 Å². The SMILES string of the molecule is O=C(Nc1cccc(C(F)(F)F)c1)C1CCN(C(=O)Nc2cccs2)CC1. The molecule has 1 fully saturated rings. The zero-order valence-electron chi connectivity index (χ0n) is 14.3. The Morgan fingerprint density at radius 3 is 2.44 bits per heavy atom. The Morgan fingerprint density at radius 1 is 1.07 bits per heavy atom. The second-order valence-corrected chi connectivity index (χ2v) is 7.18. The van der Waals surface area contributed by atoms with E-state index >= 15 is 0 Å². The van der Waals surface area contributed by atoms with E-state index in [2.05, 4.69) is 10.6 Å². The number of likely N-dealkylation sites (tertiary alicyclic amines) is 1. The molecule has 1 aliphatic rings. The lowest BCUT2D eigenvalue weighted by atomic mass is 9.96. The fraction of sp³-hybridized carbons (Fsp3) is 0.333. The van der Waals surface area contributed by atoms with Crippen molar-refractivity contribution in [1.82, 2.24) is 4.90 Å². The Bertz CT molecular complexity index is 800. The van der Waals surface area contributed by atoms with Gasteiger partial charge >= 0.3 is 12.2 Å². The predicted molar refractivity (Wildman–Crippen MR) is 97.7 cm³/mol. The quantitative estimate of drug-likeness (QED) is 0.792. The molecular formula is C18H18F3N3O2S. The van der Waals surface area contributed by atoms with Crippen molar-refractivity contribution in [3.8, 4) is 0 Å². The van der Waals surface area contributed by atoms with Crippen LogP contribution >= 0.6 is 11.3 Å². The Kier molecular flexibility index (Phi) is 5.69. The normalized spacial score (nSPS) is 15.4. The second-order valence-electron chi connectivity index (χ2n) is 6.24. The van der Waals surface area contributed by atoms with Crippen molar-refractivity contribution in [2.45, 2.75) is 19.0 Å². The number of thiophene rings is 1. The molecule has 1 saturated heterocycles. The smallest absolute Gasteiger partial charge is 0.326 e. The van der Waals surface area contributed by atoms with Gasteiger partial charge in [0.1, 0.15) is 0 Å². The van der Waals surface area contributed by atoms with Crippen molar-refractivity contribution in [2.24, 2.45) is 5.92 Å². The molecule has 0 bridgehead atoms. The first-order chi connectivity index (χ1) is 12.8. The molecule has 0 saturated carbocycles. The van der Waals surface area contributed by atoms with Gasteiger partial charge in [-0.1, -0.05) is 6.07 Å². The number of anilines is 2. The minimum Gasteiger partial charge on any atom is -0.326 e. The number of hydrogen-bond donors (Lipinski definition) is 2. The van der Waals surface area contributed by atoms with Crippen LogP contribution in [0, 0.1) is 5.92 Å². The molecule has 3 rings (SSSR count). The number of nitrogens with one attached hydrogen (secondary N) is 2. The lowest BCUT2D eigenvalue weighted by molar-refractivity contribution is -0.137. The summed E-state index contributed by atoms with van der Waals surface area (Å²) in [6.07, 6.45) is -3.53. The van der Waals surface area contributed by atoms with Gasteiger partial charge in [-0.25, -0.2) is 4.79 Å². The molecule has 0 spiro atoms. The maximum atomic E-state index is 12.8. The number of rotatable bonds is 3. The lowest BCUT2D eigenvalue weighted by Crippen LogP contribution is -2.43. The van der Waals surface area contributed by atoms with E-state index in [4.69, 9.17) is 0 Å². The fourth-order valence-corrected chi connectivity index (χ4v) is 3.50. The van der Waals surface area contributed by atoms with E-state index in [0.29, 0.717) is 25.9 Å². The maximum absolute atomic E-state index is 12.8. The van der Waals surface area contributed by atoms with Crippen molar-refractivity contribution in [2.75, 3.05) is 23.7 Å². The van der Waals surface area contributed by atoms with Gasteiger partial charge in [-0.05, 0) is 48.6 Å². The number of alkyl halides is 3. The number of halogens is 3. The highest BCUT2D eigenvalue weighted by molar-refractivity contribution is 7.14.